The minimum absolute atomic E-state index is 0. The second-order valence-electron chi connectivity index (χ2n) is 5.41. The standard InChI is InChI=1S/C15H19FN2O.ClH/c16-13-5-6-14-11(9-13)4-2-8-18(14)15(19)12-3-1-7-17-10-12;/h5-6,9,12,17H,1-4,7-8,10H2;1H. The molecule has 1 atom stereocenters. The lowest BCUT2D eigenvalue weighted by molar-refractivity contribution is -0.122. The first-order chi connectivity index (χ1) is 9.25. The molecular formula is C15H20ClFN2O. The van der Waals surface area contributed by atoms with Gasteiger partial charge in [0, 0.05) is 18.8 Å². The number of anilines is 1. The van der Waals surface area contributed by atoms with Crippen molar-refractivity contribution in [3.8, 4) is 0 Å². The van der Waals surface area contributed by atoms with Crippen molar-refractivity contribution >= 4 is 24.0 Å². The van der Waals surface area contributed by atoms with Gasteiger partial charge in [-0.3, -0.25) is 4.79 Å². The first-order valence-corrected chi connectivity index (χ1v) is 7.06. The van der Waals surface area contributed by atoms with E-state index in [0.29, 0.717) is 0 Å². The molecule has 1 aromatic carbocycles. The van der Waals surface area contributed by atoms with Gasteiger partial charge in [-0.2, -0.15) is 0 Å². The zero-order valence-corrected chi connectivity index (χ0v) is 12.2. The van der Waals surface area contributed by atoms with Crippen LogP contribution < -0.4 is 10.2 Å². The van der Waals surface area contributed by atoms with Crippen molar-refractivity contribution < 1.29 is 9.18 Å². The molecule has 0 radical (unpaired) electrons. The van der Waals surface area contributed by atoms with E-state index in [2.05, 4.69) is 5.32 Å². The Kier molecular flexibility index (Phi) is 5.00. The highest BCUT2D eigenvalue weighted by Crippen LogP contribution is 2.29. The van der Waals surface area contributed by atoms with Crippen LogP contribution in [-0.2, 0) is 11.2 Å². The minimum Gasteiger partial charge on any atom is -0.316 e. The van der Waals surface area contributed by atoms with Gasteiger partial charge in [0.1, 0.15) is 5.82 Å². The third kappa shape index (κ3) is 2.96. The molecule has 0 aromatic heterocycles. The molecule has 1 amide bonds. The van der Waals surface area contributed by atoms with E-state index in [1.807, 2.05) is 4.90 Å². The number of nitrogens with zero attached hydrogens (tertiary/aromatic N) is 1. The van der Waals surface area contributed by atoms with Crippen LogP contribution in [0, 0.1) is 11.7 Å². The number of amides is 1. The summed E-state index contributed by atoms with van der Waals surface area (Å²) in [5.41, 5.74) is 1.87. The monoisotopic (exact) mass is 298 g/mol. The molecule has 0 spiro atoms. The number of benzene rings is 1. The summed E-state index contributed by atoms with van der Waals surface area (Å²) in [6.07, 6.45) is 3.79. The topological polar surface area (TPSA) is 32.3 Å². The van der Waals surface area contributed by atoms with Crippen molar-refractivity contribution in [1.82, 2.24) is 5.32 Å². The van der Waals surface area contributed by atoms with Gasteiger partial charge < -0.3 is 10.2 Å². The summed E-state index contributed by atoms with van der Waals surface area (Å²) in [7, 11) is 0. The molecule has 3 rings (SSSR count). The predicted octanol–water partition coefficient (Wildman–Crippen LogP) is 2.53. The van der Waals surface area contributed by atoms with E-state index in [1.54, 1.807) is 12.1 Å². The third-order valence-corrected chi connectivity index (χ3v) is 4.07. The molecule has 1 fully saturated rings. The van der Waals surface area contributed by atoms with Crippen LogP contribution in [0.4, 0.5) is 10.1 Å². The smallest absolute Gasteiger partial charge is 0.231 e. The third-order valence-electron chi connectivity index (χ3n) is 4.07. The molecule has 1 aromatic rings. The fraction of sp³-hybridized carbons (Fsp3) is 0.533. The van der Waals surface area contributed by atoms with E-state index in [0.717, 1.165) is 56.6 Å². The molecule has 0 bridgehead atoms. The summed E-state index contributed by atoms with van der Waals surface area (Å²) in [6.45, 7) is 2.53. The first kappa shape index (κ1) is 15.3. The maximum absolute atomic E-state index is 13.3. The van der Waals surface area contributed by atoms with Crippen molar-refractivity contribution in [2.24, 2.45) is 5.92 Å². The minimum atomic E-state index is -0.215. The number of fused-ring (bicyclic) bond motifs is 1. The summed E-state index contributed by atoms with van der Waals surface area (Å²) in [5.74, 6) is 0.0527. The maximum Gasteiger partial charge on any atom is 0.231 e. The Morgan fingerprint density at radius 1 is 1.35 bits per heavy atom. The number of aryl methyl sites for hydroxylation is 1. The van der Waals surface area contributed by atoms with E-state index in [9.17, 15) is 9.18 Å². The van der Waals surface area contributed by atoms with Gasteiger partial charge in [0.25, 0.3) is 0 Å². The van der Waals surface area contributed by atoms with Crippen LogP contribution in [0.5, 0.6) is 0 Å². The van der Waals surface area contributed by atoms with E-state index < -0.39 is 0 Å². The van der Waals surface area contributed by atoms with Gasteiger partial charge in [-0.25, -0.2) is 4.39 Å². The normalized spacial score (nSPS) is 21.9. The largest absolute Gasteiger partial charge is 0.316 e. The van der Waals surface area contributed by atoms with Crippen molar-refractivity contribution in [2.45, 2.75) is 25.7 Å². The Balaban J connectivity index is 0.00000147. The van der Waals surface area contributed by atoms with Gasteiger partial charge in [-0.1, -0.05) is 0 Å². The number of carbonyl (C=O) groups is 1. The van der Waals surface area contributed by atoms with E-state index in [1.165, 1.54) is 6.07 Å². The van der Waals surface area contributed by atoms with Crippen LogP contribution in [0.3, 0.4) is 0 Å². The molecular weight excluding hydrogens is 279 g/mol. The molecule has 110 valence electrons. The lowest BCUT2D eigenvalue weighted by Crippen LogP contribution is -2.45. The number of carbonyl (C=O) groups excluding carboxylic acids is 1. The van der Waals surface area contributed by atoms with Crippen molar-refractivity contribution in [3.05, 3.63) is 29.6 Å². The van der Waals surface area contributed by atoms with Crippen LogP contribution in [-0.4, -0.2) is 25.5 Å². The highest BCUT2D eigenvalue weighted by Gasteiger charge is 2.29. The number of nitrogens with one attached hydrogen (secondary N) is 1. The van der Waals surface area contributed by atoms with Crippen LogP contribution >= 0.6 is 12.4 Å². The number of hydrogen-bond donors (Lipinski definition) is 1. The molecule has 1 N–H and O–H groups in total. The molecule has 2 aliphatic heterocycles. The predicted molar refractivity (Wildman–Crippen MR) is 79.9 cm³/mol. The molecule has 3 nitrogen and oxygen atoms in total. The molecule has 5 heteroatoms. The summed E-state index contributed by atoms with van der Waals surface area (Å²) >= 11 is 0. The SMILES string of the molecule is Cl.O=C(C1CCCNC1)N1CCCc2cc(F)ccc21. The molecule has 0 aliphatic carbocycles. The highest BCUT2D eigenvalue weighted by molar-refractivity contribution is 5.96. The Morgan fingerprint density at radius 2 is 2.20 bits per heavy atom. The van der Waals surface area contributed by atoms with Crippen molar-refractivity contribution in [1.29, 1.82) is 0 Å². The van der Waals surface area contributed by atoms with Crippen LogP contribution in [0.25, 0.3) is 0 Å². The average molecular weight is 299 g/mol. The van der Waals surface area contributed by atoms with E-state index in [-0.39, 0.29) is 30.0 Å². The van der Waals surface area contributed by atoms with Gasteiger partial charge in [0.2, 0.25) is 5.91 Å². The van der Waals surface area contributed by atoms with Gasteiger partial charge in [0.05, 0.1) is 5.92 Å². The average Bonchev–Trinajstić information content (AvgIpc) is 2.46. The Morgan fingerprint density at radius 3 is 2.95 bits per heavy atom. The number of piperidine rings is 1. The molecule has 1 saturated heterocycles. The number of halogens is 2. The summed E-state index contributed by atoms with van der Waals surface area (Å²) < 4.78 is 13.3. The Hall–Kier alpha value is -1.13. The molecule has 2 aliphatic rings. The molecule has 20 heavy (non-hydrogen) atoms. The molecule has 1 unspecified atom stereocenters. The summed E-state index contributed by atoms with van der Waals surface area (Å²) in [4.78, 5) is 14.5. The van der Waals surface area contributed by atoms with Gasteiger partial charge in [-0.15, -0.1) is 12.4 Å². The quantitative estimate of drug-likeness (QED) is 0.864. The maximum atomic E-state index is 13.3. The second kappa shape index (κ2) is 6.55. The summed E-state index contributed by atoms with van der Waals surface area (Å²) in [6, 6.07) is 4.76. The summed E-state index contributed by atoms with van der Waals surface area (Å²) in [5, 5.41) is 3.28. The number of rotatable bonds is 1. The van der Waals surface area contributed by atoms with Crippen LogP contribution in [0.15, 0.2) is 18.2 Å². The molecule has 2 heterocycles. The second-order valence-corrected chi connectivity index (χ2v) is 5.41. The number of hydrogen-bond acceptors (Lipinski definition) is 2. The van der Waals surface area contributed by atoms with E-state index in [4.69, 9.17) is 0 Å². The highest BCUT2D eigenvalue weighted by atomic mass is 35.5. The lowest BCUT2D eigenvalue weighted by Gasteiger charge is -2.33. The van der Waals surface area contributed by atoms with Gasteiger partial charge in [-0.05, 0) is 56.0 Å². The zero-order chi connectivity index (χ0) is 13.2. The Bertz CT molecular complexity index is 489. The lowest BCUT2D eigenvalue weighted by atomic mass is 9.95. The van der Waals surface area contributed by atoms with E-state index >= 15 is 0 Å². The molecule has 0 saturated carbocycles. The fourth-order valence-corrected chi connectivity index (χ4v) is 3.08. The zero-order valence-electron chi connectivity index (χ0n) is 11.4. The van der Waals surface area contributed by atoms with Gasteiger partial charge >= 0.3 is 0 Å². The van der Waals surface area contributed by atoms with Crippen LogP contribution in [0.2, 0.25) is 0 Å². The first-order valence-electron chi connectivity index (χ1n) is 7.06. The van der Waals surface area contributed by atoms with Crippen molar-refractivity contribution in [2.75, 3.05) is 24.5 Å². The van der Waals surface area contributed by atoms with Crippen LogP contribution in [0.1, 0.15) is 24.8 Å². The van der Waals surface area contributed by atoms with Gasteiger partial charge in [0.15, 0.2) is 0 Å². The fourth-order valence-electron chi connectivity index (χ4n) is 3.08. The van der Waals surface area contributed by atoms with Crippen molar-refractivity contribution in [3.63, 3.8) is 0 Å². The Labute approximate surface area is 124 Å².